The average Bonchev–Trinajstić information content (AvgIpc) is 2.96. The van der Waals surface area contributed by atoms with Crippen molar-refractivity contribution in [1.82, 2.24) is 19.1 Å². The highest BCUT2D eigenvalue weighted by atomic mass is 32.1. The molecule has 0 saturated heterocycles. The monoisotopic (exact) mass is 250 g/mol. The van der Waals surface area contributed by atoms with E-state index in [0.717, 1.165) is 36.6 Å². The lowest BCUT2D eigenvalue weighted by Crippen LogP contribution is -2.11. The van der Waals surface area contributed by atoms with E-state index in [0.29, 0.717) is 10.7 Å². The van der Waals surface area contributed by atoms with Gasteiger partial charge >= 0.3 is 0 Å². The van der Waals surface area contributed by atoms with Crippen molar-refractivity contribution in [3.8, 4) is 0 Å². The van der Waals surface area contributed by atoms with Crippen LogP contribution in [0.2, 0.25) is 0 Å². The molecule has 0 spiro atoms. The van der Waals surface area contributed by atoms with Crippen molar-refractivity contribution in [2.75, 3.05) is 0 Å². The number of aromatic nitrogens is 4. The summed E-state index contributed by atoms with van der Waals surface area (Å²) in [7, 11) is 0. The zero-order chi connectivity index (χ0) is 12.3. The minimum Gasteiger partial charge on any atom is -0.328 e. The summed E-state index contributed by atoms with van der Waals surface area (Å²) in [6.45, 7) is 4.77. The lowest BCUT2D eigenvalue weighted by atomic mass is 10.2. The summed E-state index contributed by atoms with van der Waals surface area (Å²) in [4.78, 5) is 17.0. The SMILES string of the molecule is CCCc1nnsc1C(=O)c1nccn1CC. The Kier molecular flexibility index (Phi) is 3.63. The summed E-state index contributed by atoms with van der Waals surface area (Å²) >= 11 is 1.15. The molecule has 17 heavy (non-hydrogen) atoms. The zero-order valence-electron chi connectivity index (χ0n) is 9.88. The largest absolute Gasteiger partial charge is 0.328 e. The number of imidazole rings is 1. The van der Waals surface area contributed by atoms with Crippen molar-refractivity contribution in [2.45, 2.75) is 33.2 Å². The highest BCUT2D eigenvalue weighted by Gasteiger charge is 2.21. The van der Waals surface area contributed by atoms with E-state index in [1.807, 2.05) is 11.5 Å². The second kappa shape index (κ2) is 5.18. The average molecular weight is 250 g/mol. The second-order valence-electron chi connectivity index (χ2n) is 3.66. The van der Waals surface area contributed by atoms with Gasteiger partial charge in [0.15, 0.2) is 5.82 Å². The fourth-order valence-electron chi connectivity index (χ4n) is 1.66. The Labute approximate surface area is 104 Å². The third kappa shape index (κ3) is 2.26. The first-order valence-electron chi connectivity index (χ1n) is 5.65. The molecule has 90 valence electrons. The molecule has 2 aromatic heterocycles. The van der Waals surface area contributed by atoms with Gasteiger partial charge in [-0.1, -0.05) is 17.8 Å². The highest BCUT2D eigenvalue weighted by molar-refractivity contribution is 7.08. The molecule has 0 amide bonds. The predicted octanol–water partition coefficient (Wildman–Crippen LogP) is 1.94. The van der Waals surface area contributed by atoms with Crippen molar-refractivity contribution in [2.24, 2.45) is 0 Å². The Morgan fingerprint density at radius 2 is 2.29 bits per heavy atom. The van der Waals surface area contributed by atoms with Crippen LogP contribution >= 0.6 is 11.5 Å². The molecule has 2 rings (SSSR count). The summed E-state index contributed by atoms with van der Waals surface area (Å²) in [5, 5.41) is 4.00. The van der Waals surface area contributed by atoms with Crippen LogP contribution < -0.4 is 0 Å². The molecular weight excluding hydrogens is 236 g/mol. The van der Waals surface area contributed by atoms with Gasteiger partial charge in [0, 0.05) is 18.9 Å². The fourth-order valence-corrected chi connectivity index (χ4v) is 2.30. The summed E-state index contributed by atoms with van der Waals surface area (Å²) < 4.78 is 5.69. The number of rotatable bonds is 5. The minimum atomic E-state index is -0.0738. The molecule has 0 atom stereocenters. The van der Waals surface area contributed by atoms with Crippen LogP contribution in [0.25, 0.3) is 0 Å². The quantitative estimate of drug-likeness (QED) is 0.761. The number of aryl methyl sites for hydroxylation is 2. The van der Waals surface area contributed by atoms with Gasteiger partial charge in [-0.15, -0.1) is 5.10 Å². The van der Waals surface area contributed by atoms with Gasteiger partial charge in [0.2, 0.25) is 5.78 Å². The van der Waals surface area contributed by atoms with Gasteiger partial charge in [0.1, 0.15) is 4.88 Å². The van der Waals surface area contributed by atoms with Crippen LogP contribution in [0, 0.1) is 0 Å². The number of hydrogen-bond acceptors (Lipinski definition) is 5. The first-order valence-corrected chi connectivity index (χ1v) is 6.42. The van der Waals surface area contributed by atoms with Crippen molar-refractivity contribution < 1.29 is 4.79 Å². The maximum atomic E-state index is 12.3. The fraction of sp³-hybridized carbons (Fsp3) is 0.455. The van der Waals surface area contributed by atoms with E-state index in [-0.39, 0.29) is 5.78 Å². The first kappa shape index (κ1) is 11.9. The summed E-state index contributed by atoms with van der Waals surface area (Å²) in [6, 6.07) is 0. The van der Waals surface area contributed by atoms with Gasteiger partial charge in [0.25, 0.3) is 0 Å². The molecule has 0 aromatic carbocycles. The van der Waals surface area contributed by atoms with Gasteiger partial charge in [-0.25, -0.2) is 4.98 Å². The molecule has 0 radical (unpaired) electrons. The van der Waals surface area contributed by atoms with Crippen LogP contribution in [0.3, 0.4) is 0 Å². The van der Waals surface area contributed by atoms with E-state index in [9.17, 15) is 4.79 Å². The Hall–Kier alpha value is -1.56. The van der Waals surface area contributed by atoms with Crippen molar-refractivity contribution >= 4 is 17.3 Å². The molecule has 0 N–H and O–H groups in total. The van der Waals surface area contributed by atoms with Crippen LogP contribution in [0.1, 0.15) is 41.5 Å². The zero-order valence-corrected chi connectivity index (χ0v) is 10.7. The Morgan fingerprint density at radius 3 is 3.00 bits per heavy atom. The van der Waals surface area contributed by atoms with Gasteiger partial charge in [-0.2, -0.15) is 0 Å². The Balaban J connectivity index is 2.34. The van der Waals surface area contributed by atoms with Crippen molar-refractivity contribution in [3.05, 3.63) is 28.8 Å². The molecule has 0 aliphatic rings. The van der Waals surface area contributed by atoms with E-state index >= 15 is 0 Å². The lowest BCUT2D eigenvalue weighted by molar-refractivity contribution is 0.102. The van der Waals surface area contributed by atoms with Crippen LogP contribution in [0.5, 0.6) is 0 Å². The number of carbonyl (C=O) groups excluding carboxylic acids is 1. The van der Waals surface area contributed by atoms with Gasteiger partial charge in [0.05, 0.1) is 5.69 Å². The number of carbonyl (C=O) groups is 1. The van der Waals surface area contributed by atoms with Crippen LogP contribution in [-0.2, 0) is 13.0 Å². The maximum Gasteiger partial charge on any atom is 0.241 e. The summed E-state index contributed by atoms with van der Waals surface area (Å²) in [5.41, 5.74) is 0.785. The smallest absolute Gasteiger partial charge is 0.241 e. The van der Waals surface area contributed by atoms with Gasteiger partial charge in [-0.3, -0.25) is 4.79 Å². The number of nitrogens with zero attached hydrogens (tertiary/aromatic N) is 4. The first-order chi connectivity index (χ1) is 8.27. The molecule has 0 unspecified atom stereocenters. The third-order valence-electron chi connectivity index (χ3n) is 2.51. The van der Waals surface area contributed by atoms with Crippen LogP contribution in [0.4, 0.5) is 0 Å². The molecular formula is C11H14N4OS. The topological polar surface area (TPSA) is 60.7 Å². The van der Waals surface area contributed by atoms with Crippen molar-refractivity contribution in [1.29, 1.82) is 0 Å². The summed E-state index contributed by atoms with van der Waals surface area (Å²) in [5.74, 6) is 0.395. The van der Waals surface area contributed by atoms with Gasteiger partial charge < -0.3 is 4.57 Å². The van der Waals surface area contributed by atoms with Crippen LogP contribution in [0.15, 0.2) is 12.4 Å². The second-order valence-corrected chi connectivity index (χ2v) is 4.42. The normalized spacial score (nSPS) is 10.7. The summed E-state index contributed by atoms with van der Waals surface area (Å²) in [6.07, 6.45) is 5.18. The minimum absolute atomic E-state index is 0.0738. The molecule has 2 aromatic rings. The molecule has 6 heteroatoms. The molecule has 0 bridgehead atoms. The molecule has 0 fully saturated rings. The molecule has 0 aliphatic heterocycles. The van der Waals surface area contributed by atoms with E-state index in [1.165, 1.54) is 0 Å². The van der Waals surface area contributed by atoms with Crippen molar-refractivity contribution in [3.63, 3.8) is 0 Å². The molecule has 0 aliphatic carbocycles. The standard InChI is InChI=1S/C11H14N4OS/c1-3-5-8-10(17-14-13-8)9(16)11-12-6-7-15(11)4-2/h6-7H,3-5H2,1-2H3. The molecule has 0 saturated carbocycles. The van der Waals surface area contributed by atoms with E-state index < -0.39 is 0 Å². The Morgan fingerprint density at radius 1 is 1.47 bits per heavy atom. The Bertz CT molecular complexity index is 517. The highest BCUT2D eigenvalue weighted by Crippen LogP contribution is 2.17. The third-order valence-corrected chi connectivity index (χ3v) is 3.27. The number of hydrogen-bond donors (Lipinski definition) is 0. The van der Waals surface area contributed by atoms with E-state index in [1.54, 1.807) is 12.4 Å². The van der Waals surface area contributed by atoms with Crippen LogP contribution in [-0.4, -0.2) is 24.9 Å². The maximum absolute atomic E-state index is 12.3. The van der Waals surface area contributed by atoms with E-state index in [4.69, 9.17) is 0 Å². The number of ketones is 1. The van der Waals surface area contributed by atoms with Gasteiger partial charge in [-0.05, 0) is 24.9 Å². The molecule has 5 nitrogen and oxygen atoms in total. The molecule has 2 heterocycles. The lowest BCUT2D eigenvalue weighted by Gasteiger charge is -2.02. The van der Waals surface area contributed by atoms with E-state index in [2.05, 4.69) is 21.5 Å². The predicted molar refractivity (Wildman–Crippen MR) is 65.2 cm³/mol.